The lowest BCUT2D eigenvalue weighted by atomic mass is 10.0. The zero-order valence-electron chi connectivity index (χ0n) is 33.1. The molecular weight excluding hydrogens is 745 g/mol. The molecule has 0 spiro atoms. The zero-order chi connectivity index (χ0) is 41.1. The molecule has 5 heterocycles. The minimum atomic E-state index is -1.13. The molecule has 58 heavy (non-hydrogen) atoms. The molecule has 0 bridgehead atoms. The van der Waals surface area contributed by atoms with Gasteiger partial charge in [-0.15, -0.1) is 0 Å². The number of carbonyl (C=O) groups is 4. The van der Waals surface area contributed by atoms with Crippen LogP contribution in [-0.2, 0) is 19.1 Å². The van der Waals surface area contributed by atoms with Gasteiger partial charge in [0.15, 0.2) is 0 Å². The number of nitrogens with zero attached hydrogens (tertiary/aromatic N) is 7. The summed E-state index contributed by atoms with van der Waals surface area (Å²) in [4.78, 5) is 81.0. The number of benzene rings is 2. The monoisotopic (exact) mass is 792 g/mol. The summed E-state index contributed by atoms with van der Waals surface area (Å²) in [6.07, 6.45) is 6.54. The highest BCUT2D eigenvalue weighted by Crippen LogP contribution is 2.35. The predicted octanol–water partition coefficient (Wildman–Crippen LogP) is 5.41. The largest absolute Gasteiger partial charge is 0.465 e. The zero-order valence-corrected chi connectivity index (χ0v) is 33.1. The maximum Gasteiger partial charge on any atom is 0.407 e. The summed E-state index contributed by atoms with van der Waals surface area (Å²) in [5.74, 6) is 0.673. The maximum atomic E-state index is 13.6. The van der Waals surface area contributed by atoms with E-state index in [1.54, 1.807) is 22.2 Å². The Hall–Kier alpha value is -6.36. The molecule has 2 aliphatic heterocycles. The maximum absolute atomic E-state index is 13.6. The van der Waals surface area contributed by atoms with Crippen LogP contribution in [0.3, 0.4) is 0 Å². The van der Waals surface area contributed by atoms with Crippen LogP contribution in [0.1, 0.15) is 63.3 Å². The summed E-state index contributed by atoms with van der Waals surface area (Å²) >= 11 is 0. The van der Waals surface area contributed by atoms with Gasteiger partial charge in [0, 0.05) is 50.1 Å². The van der Waals surface area contributed by atoms with Crippen molar-refractivity contribution in [1.29, 1.82) is 0 Å². The van der Waals surface area contributed by atoms with Crippen LogP contribution in [0.2, 0.25) is 0 Å². The predicted molar refractivity (Wildman–Crippen MR) is 213 cm³/mol. The Morgan fingerprint density at radius 2 is 1.52 bits per heavy atom. The minimum Gasteiger partial charge on any atom is -0.465 e. The molecule has 17 heteroatoms. The second-order valence-electron chi connectivity index (χ2n) is 15.0. The highest BCUT2D eigenvalue weighted by atomic mass is 16.5. The van der Waals surface area contributed by atoms with Crippen LogP contribution in [0, 0.1) is 5.92 Å². The van der Waals surface area contributed by atoms with Crippen molar-refractivity contribution in [3.63, 3.8) is 0 Å². The van der Waals surface area contributed by atoms with Crippen LogP contribution in [0.4, 0.5) is 9.59 Å². The number of methoxy groups -OCH3 is 2. The number of hydrogen-bond donors (Lipinski definition) is 4. The van der Waals surface area contributed by atoms with Gasteiger partial charge in [0.1, 0.15) is 23.7 Å². The summed E-state index contributed by atoms with van der Waals surface area (Å²) in [5, 5.41) is 12.2. The molecule has 17 nitrogen and oxygen atoms in total. The van der Waals surface area contributed by atoms with E-state index >= 15 is 0 Å². The fourth-order valence-electron chi connectivity index (χ4n) is 8.00. The van der Waals surface area contributed by atoms with Gasteiger partial charge in [-0.05, 0) is 43.7 Å². The van der Waals surface area contributed by atoms with Crippen molar-refractivity contribution in [3.05, 3.63) is 72.7 Å². The number of carboxylic acid groups (broad SMARTS) is 1. The lowest BCUT2D eigenvalue weighted by molar-refractivity contribution is -0.138. The molecule has 5 aromatic rings. The molecule has 0 radical (unpaired) electrons. The Kier molecular flexibility index (Phi) is 11.7. The molecule has 4 atom stereocenters. The summed E-state index contributed by atoms with van der Waals surface area (Å²) in [7, 11) is 4.16. The number of carbonyl (C=O) groups excluding carboxylic acids is 3. The van der Waals surface area contributed by atoms with Gasteiger partial charge in [0.2, 0.25) is 11.8 Å². The van der Waals surface area contributed by atoms with E-state index in [0.29, 0.717) is 35.9 Å². The number of likely N-dealkylation sites (tertiary alicyclic amines) is 2. The summed E-state index contributed by atoms with van der Waals surface area (Å²) < 4.78 is 9.88. The SMILES string of the molecule is COC[C@H](NC(=O)OC)C(=O)N1CCC[C@H]1c1ncc(-c2ccc3nc(-c4ccc(-c5c[nH]c([C@@H]6CCCN6C(=O)[C@H](C(C)C)N(C)C(=O)O)n5)cc4)cnc3c2)[nH]1. The molecule has 4 N–H and O–H groups in total. The Bertz CT molecular complexity index is 2290. The van der Waals surface area contributed by atoms with Crippen LogP contribution < -0.4 is 5.32 Å². The normalized spacial score (nSPS) is 17.8. The molecule has 0 saturated carbocycles. The lowest BCUT2D eigenvalue weighted by Crippen LogP contribution is -2.51. The van der Waals surface area contributed by atoms with Crippen molar-refractivity contribution in [2.45, 2.75) is 63.7 Å². The Labute approximate surface area is 335 Å². The summed E-state index contributed by atoms with van der Waals surface area (Å²) in [6, 6.07) is 11.5. The highest BCUT2D eigenvalue weighted by molar-refractivity contribution is 5.87. The summed E-state index contributed by atoms with van der Waals surface area (Å²) in [6.45, 7) is 4.80. The second-order valence-corrected chi connectivity index (χ2v) is 15.0. The lowest BCUT2D eigenvalue weighted by Gasteiger charge is -2.33. The first kappa shape index (κ1) is 39.9. The van der Waals surface area contributed by atoms with Crippen molar-refractivity contribution in [3.8, 4) is 33.8 Å². The first-order chi connectivity index (χ1) is 28.0. The first-order valence-corrected chi connectivity index (χ1v) is 19.4. The van der Waals surface area contributed by atoms with Crippen LogP contribution in [-0.4, -0.2) is 127 Å². The van der Waals surface area contributed by atoms with Gasteiger partial charge in [-0.25, -0.2) is 24.5 Å². The summed E-state index contributed by atoms with van der Waals surface area (Å²) in [5.41, 5.74) is 6.30. The van der Waals surface area contributed by atoms with E-state index in [1.807, 2.05) is 62.5 Å². The molecule has 2 saturated heterocycles. The molecule has 2 fully saturated rings. The Morgan fingerprint density at radius 3 is 2.17 bits per heavy atom. The second kappa shape index (κ2) is 17.0. The van der Waals surface area contributed by atoms with Crippen molar-refractivity contribution < 1.29 is 33.8 Å². The van der Waals surface area contributed by atoms with Crippen LogP contribution >= 0.6 is 0 Å². The van der Waals surface area contributed by atoms with E-state index in [9.17, 15) is 24.3 Å². The molecular formula is C41H48N10O7. The fourth-order valence-corrected chi connectivity index (χ4v) is 8.00. The molecule has 0 unspecified atom stereocenters. The third-order valence-corrected chi connectivity index (χ3v) is 10.9. The van der Waals surface area contributed by atoms with Crippen molar-refractivity contribution in [1.82, 2.24) is 49.9 Å². The number of alkyl carbamates (subject to hydrolysis) is 1. The quantitative estimate of drug-likeness (QED) is 0.125. The average Bonchev–Trinajstić information content (AvgIpc) is 4.07. The van der Waals surface area contributed by atoms with Gasteiger partial charge in [-0.3, -0.25) is 19.5 Å². The van der Waals surface area contributed by atoms with Gasteiger partial charge in [-0.2, -0.15) is 0 Å². The smallest absolute Gasteiger partial charge is 0.407 e. The number of nitrogens with one attached hydrogen (secondary N) is 3. The van der Waals surface area contributed by atoms with E-state index in [2.05, 4.69) is 20.3 Å². The Morgan fingerprint density at radius 1 is 0.862 bits per heavy atom. The van der Waals surface area contributed by atoms with E-state index in [0.717, 1.165) is 64.2 Å². The van der Waals surface area contributed by atoms with Gasteiger partial charge in [0.05, 0.1) is 66.3 Å². The number of ether oxygens (including phenoxy) is 2. The van der Waals surface area contributed by atoms with Gasteiger partial charge >= 0.3 is 12.2 Å². The van der Waals surface area contributed by atoms with Gasteiger partial charge in [-0.1, -0.05) is 44.2 Å². The van der Waals surface area contributed by atoms with Crippen LogP contribution in [0.25, 0.3) is 44.8 Å². The van der Waals surface area contributed by atoms with E-state index in [1.165, 1.54) is 21.3 Å². The molecule has 7 rings (SSSR count). The van der Waals surface area contributed by atoms with E-state index in [4.69, 9.17) is 24.4 Å². The van der Waals surface area contributed by atoms with Crippen LogP contribution in [0.15, 0.2) is 61.1 Å². The molecule has 2 aromatic carbocycles. The molecule has 304 valence electrons. The molecule has 4 amide bonds. The van der Waals surface area contributed by atoms with Crippen molar-refractivity contribution in [2.75, 3.05) is 41.0 Å². The molecule has 0 aliphatic carbocycles. The van der Waals surface area contributed by atoms with Crippen LogP contribution in [0.5, 0.6) is 0 Å². The van der Waals surface area contributed by atoms with E-state index < -0.39 is 24.3 Å². The standard InChI is InChI=1S/C41H48N10O7/c1-23(2)35(49(3)41(55)56)39(53)51-17-7-9-34(51)37-43-20-30(46-37)25-12-10-24(11-13-25)29-19-42-28-18-26(14-15-27(28)45-29)31-21-44-36(47-31)33-8-6-16-50(33)38(52)32(22-57-4)48-40(54)58-5/h10-15,18-21,23,32-35H,6-9,16-17,22H2,1-5H3,(H,43,46)(H,44,47)(H,48,54)(H,55,56)/t32-,33-,34-,35-/m0/s1. The molecule has 2 aliphatic rings. The number of imidazole rings is 2. The number of likely N-dealkylation sites (N-methyl/N-ethyl adjacent to an activating group) is 1. The van der Waals surface area contributed by atoms with E-state index in [-0.39, 0.29) is 36.4 Å². The number of amides is 4. The highest BCUT2D eigenvalue weighted by Gasteiger charge is 2.40. The third-order valence-electron chi connectivity index (χ3n) is 10.9. The third kappa shape index (κ3) is 8.07. The van der Waals surface area contributed by atoms with Crippen molar-refractivity contribution >= 4 is 35.0 Å². The number of aromatic nitrogens is 6. The topological polar surface area (TPSA) is 212 Å². The number of fused-ring (bicyclic) bond motifs is 1. The number of H-pyrrole nitrogens is 2. The minimum absolute atomic E-state index is 0.0143. The van der Waals surface area contributed by atoms with Gasteiger partial charge in [0.25, 0.3) is 0 Å². The van der Waals surface area contributed by atoms with Crippen molar-refractivity contribution in [2.24, 2.45) is 5.92 Å². The number of rotatable bonds is 12. The fraction of sp³-hybridized carbons (Fsp3) is 0.415. The average molecular weight is 793 g/mol. The molecule has 3 aromatic heterocycles. The Balaban J connectivity index is 1.03. The first-order valence-electron chi connectivity index (χ1n) is 19.4. The number of hydrogen-bond acceptors (Lipinski definition) is 10. The number of aromatic amines is 2. The van der Waals surface area contributed by atoms with Gasteiger partial charge < -0.3 is 39.7 Å².